The Bertz CT molecular complexity index is 1030. The minimum Gasteiger partial charge on any atom is -0.495 e. The molecule has 0 aromatic heterocycles. The van der Waals surface area contributed by atoms with Gasteiger partial charge in [-0.15, -0.1) is 0 Å². The summed E-state index contributed by atoms with van der Waals surface area (Å²) in [6.45, 7) is 4.25. The largest absolute Gasteiger partial charge is 0.495 e. The highest BCUT2D eigenvalue weighted by Crippen LogP contribution is 2.36. The Morgan fingerprint density at radius 2 is 1.52 bits per heavy atom. The van der Waals surface area contributed by atoms with E-state index >= 15 is 0 Å². The van der Waals surface area contributed by atoms with Gasteiger partial charge in [0, 0.05) is 17.5 Å². The molecular formula is C25H26BrNO4. The number of methoxy groups -OCH3 is 2. The summed E-state index contributed by atoms with van der Waals surface area (Å²) in [6.07, 6.45) is 0. The molecule has 0 aliphatic rings. The quantitative estimate of drug-likeness (QED) is 0.439. The highest BCUT2D eigenvalue weighted by Gasteiger charge is 2.22. The molecule has 0 atom stereocenters. The molecule has 31 heavy (non-hydrogen) atoms. The van der Waals surface area contributed by atoms with Crippen LogP contribution in [0.1, 0.15) is 25.0 Å². The topological polar surface area (TPSA) is 56.8 Å². The zero-order chi connectivity index (χ0) is 22.4. The molecule has 162 valence electrons. The molecule has 1 amide bonds. The average Bonchev–Trinajstić information content (AvgIpc) is 2.79. The second-order valence-corrected chi connectivity index (χ2v) is 8.39. The van der Waals surface area contributed by atoms with E-state index in [1.165, 1.54) is 11.1 Å². The Morgan fingerprint density at radius 1 is 0.903 bits per heavy atom. The third-order valence-electron chi connectivity index (χ3n) is 5.19. The van der Waals surface area contributed by atoms with Gasteiger partial charge in [-0.3, -0.25) is 4.79 Å². The van der Waals surface area contributed by atoms with Crippen LogP contribution in [-0.4, -0.2) is 26.7 Å². The van der Waals surface area contributed by atoms with E-state index in [0.717, 1.165) is 4.47 Å². The molecule has 5 nitrogen and oxygen atoms in total. The Hall–Kier alpha value is -2.99. The molecule has 6 heteroatoms. The molecule has 3 rings (SSSR count). The second-order valence-electron chi connectivity index (χ2n) is 7.54. The van der Waals surface area contributed by atoms with Crippen molar-refractivity contribution in [1.82, 2.24) is 0 Å². The summed E-state index contributed by atoms with van der Waals surface area (Å²) in [5.74, 6) is 1.45. The molecule has 0 bridgehead atoms. The van der Waals surface area contributed by atoms with Gasteiger partial charge in [0.1, 0.15) is 17.2 Å². The predicted molar refractivity (Wildman–Crippen MR) is 126 cm³/mol. The number of halogens is 1. The van der Waals surface area contributed by atoms with Crippen LogP contribution < -0.4 is 19.5 Å². The molecule has 0 aliphatic heterocycles. The zero-order valence-corrected chi connectivity index (χ0v) is 19.7. The third kappa shape index (κ3) is 5.39. The van der Waals surface area contributed by atoms with Crippen LogP contribution in [0.25, 0.3) is 0 Å². The average molecular weight is 484 g/mol. The molecular weight excluding hydrogens is 458 g/mol. The number of carbonyl (C=O) groups excluding carboxylic acids is 1. The zero-order valence-electron chi connectivity index (χ0n) is 18.1. The van der Waals surface area contributed by atoms with Crippen LogP contribution in [0.5, 0.6) is 17.2 Å². The number of hydrogen-bond donors (Lipinski definition) is 1. The summed E-state index contributed by atoms with van der Waals surface area (Å²) in [4.78, 5) is 12.4. The van der Waals surface area contributed by atoms with E-state index in [2.05, 4.69) is 47.2 Å². The van der Waals surface area contributed by atoms with Gasteiger partial charge in [0.05, 0.1) is 24.4 Å². The molecule has 1 N–H and O–H groups in total. The van der Waals surface area contributed by atoms with E-state index < -0.39 is 0 Å². The summed E-state index contributed by atoms with van der Waals surface area (Å²) >= 11 is 3.40. The summed E-state index contributed by atoms with van der Waals surface area (Å²) in [6, 6.07) is 21.6. The maximum Gasteiger partial charge on any atom is 0.262 e. The monoisotopic (exact) mass is 483 g/mol. The van der Waals surface area contributed by atoms with Gasteiger partial charge in [-0.2, -0.15) is 0 Å². The fourth-order valence-electron chi connectivity index (χ4n) is 3.28. The molecule has 0 radical (unpaired) electrons. The molecule has 0 saturated heterocycles. The van der Waals surface area contributed by atoms with Crippen molar-refractivity contribution in [3.63, 3.8) is 0 Å². The van der Waals surface area contributed by atoms with Crippen molar-refractivity contribution in [2.45, 2.75) is 19.3 Å². The Balaban J connectivity index is 1.64. The predicted octanol–water partition coefficient (Wildman–Crippen LogP) is 5.81. The summed E-state index contributed by atoms with van der Waals surface area (Å²) in [5.41, 5.74) is 2.79. The van der Waals surface area contributed by atoms with E-state index in [0.29, 0.717) is 22.9 Å². The van der Waals surface area contributed by atoms with Crippen molar-refractivity contribution < 1.29 is 19.0 Å². The van der Waals surface area contributed by atoms with Gasteiger partial charge in [0.15, 0.2) is 6.61 Å². The van der Waals surface area contributed by atoms with Gasteiger partial charge >= 0.3 is 0 Å². The first kappa shape index (κ1) is 22.7. The number of benzene rings is 3. The molecule has 3 aromatic rings. The van der Waals surface area contributed by atoms with Crippen molar-refractivity contribution in [2.24, 2.45) is 0 Å². The molecule has 0 saturated carbocycles. The Labute approximate surface area is 191 Å². The molecule has 3 aromatic carbocycles. The van der Waals surface area contributed by atoms with Crippen molar-refractivity contribution in [3.05, 3.63) is 82.3 Å². The number of hydrogen-bond acceptors (Lipinski definition) is 4. The smallest absolute Gasteiger partial charge is 0.262 e. The third-order valence-corrected chi connectivity index (χ3v) is 5.81. The van der Waals surface area contributed by atoms with Crippen molar-refractivity contribution >= 4 is 27.5 Å². The van der Waals surface area contributed by atoms with Gasteiger partial charge in [0.2, 0.25) is 0 Å². The molecule has 0 heterocycles. The van der Waals surface area contributed by atoms with Crippen LogP contribution in [0.2, 0.25) is 0 Å². The SMILES string of the molecule is COc1cc(NC(=O)COc2ccc(C(C)(C)c3ccccc3)cc2)c(OC)cc1Br. The maximum absolute atomic E-state index is 12.4. The first-order valence-corrected chi connectivity index (χ1v) is 10.6. The fourth-order valence-corrected chi connectivity index (χ4v) is 3.77. The summed E-state index contributed by atoms with van der Waals surface area (Å²) in [5, 5.41) is 2.80. The number of amides is 1. The number of ether oxygens (including phenoxy) is 3. The van der Waals surface area contributed by atoms with Gasteiger partial charge in [-0.1, -0.05) is 56.3 Å². The van der Waals surface area contributed by atoms with E-state index in [4.69, 9.17) is 14.2 Å². The first-order valence-electron chi connectivity index (χ1n) is 9.85. The lowest BCUT2D eigenvalue weighted by Gasteiger charge is -2.26. The van der Waals surface area contributed by atoms with E-state index in [1.807, 2.05) is 42.5 Å². The normalized spacial score (nSPS) is 11.0. The van der Waals surface area contributed by atoms with Gasteiger partial charge in [-0.25, -0.2) is 0 Å². The number of carbonyl (C=O) groups is 1. The number of anilines is 1. The Morgan fingerprint density at radius 3 is 2.13 bits per heavy atom. The molecule has 0 spiro atoms. The van der Waals surface area contributed by atoms with Gasteiger partial charge in [-0.05, 0) is 39.2 Å². The lowest BCUT2D eigenvalue weighted by Crippen LogP contribution is -2.21. The summed E-state index contributed by atoms with van der Waals surface area (Å²) in [7, 11) is 3.10. The van der Waals surface area contributed by atoms with E-state index in [9.17, 15) is 4.79 Å². The molecule has 0 aliphatic carbocycles. The summed E-state index contributed by atoms with van der Waals surface area (Å²) < 4.78 is 17.0. The number of nitrogens with one attached hydrogen (secondary N) is 1. The van der Waals surface area contributed by atoms with E-state index in [-0.39, 0.29) is 17.9 Å². The van der Waals surface area contributed by atoms with Gasteiger partial charge in [0.25, 0.3) is 5.91 Å². The van der Waals surface area contributed by atoms with Crippen LogP contribution in [0.15, 0.2) is 71.2 Å². The van der Waals surface area contributed by atoms with E-state index in [1.54, 1.807) is 26.4 Å². The van der Waals surface area contributed by atoms with Crippen LogP contribution in [-0.2, 0) is 10.2 Å². The molecule has 0 fully saturated rings. The van der Waals surface area contributed by atoms with Crippen LogP contribution in [0, 0.1) is 0 Å². The van der Waals surface area contributed by atoms with Crippen molar-refractivity contribution in [2.75, 3.05) is 26.1 Å². The van der Waals surface area contributed by atoms with Crippen LogP contribution >= 0.6 is 15.9 Å². The second kappa shape index (κ2) is 9.88. The van der Waals surface area contributed by atoms with Gasteiger partial charge < -0.3 is 19.5 Å². The van der Waals surface area contributed by atoms with Crippen molar-refractivity contribution in [1.29, 1.82) is 0 Å². The minimum absolute atomic E-state index is 0.122. The van der Waals surface area contributed by atoms with Crippen LogP contribution in [0.3, 0.4) is 0 Å². The highest BCUT2D eigenvalue weighted by atomic mass is 79.9. The molecule has 0 unspecified atom stereocenters. The van der Waals surface area contributed by atoms with Crippen molar-refractivity contribution in [3.8, 4) is 17.2 Å². The highest BCUT2D eigenvalue weighted by molar-refractivity contribution is 9.10. The number of rotatable bonds is 8. The fraction of sp³-hybridized carbons (Fsp3) is 0.240. The first-order chi connectivity index (χ1) is 14.8. The maximum atomic E-state index is 12.4. The minimum atomic E-state index is -0.295. The standard InChI is InChI=1S/C25H26BrNO4/c1-25(2,17-8-6-5-7-9-17)18-10-12-19(13-11-18)31-16-24(28)27-21-15-22(29-3)20(26)14-23(21)30-4/h5-15H,16H2,1-4H3,(H,27,28). The Kier molecular flexibility index (Phi) is 7.23. The van der Waals surface area contributed by atoms with Crippen LogP contribution in [0.4, 0.5) is 5.69 Å². The lowest BCUT2D eigenvalue weighted by atomic mass is 9.78. The lowest BCUT2D eigenvalue weighted by molar-refractivity contribution is -0.118.